The van der Waals surface area contributed by atoms with Crippen LogP contribution in [0.15, 0.2) is 18.2 Å². The summed E-state index contributed by atoms with van der Waals surface area (Å²) in [5.74, 6) is 0.0607. The monoisotopic (exact) mass is 377 g/mol. The van der Waals surface area contributed by atoms with Crippen molar-refractivity contribution in [1.29, 1.82) is 0 Å². The summed E-state index contributed by atoms with van der Waals surface area (Å²) in [6.07, 6.45) is 2.77. The summed E-state index contributed by atoms with van der Waals surface area (Å²) in [7, 11) is -0.229. The zero-order valence-corrected chi connectivity index (χ0v) is 15.7. The lowest BCUT2D eigenvalue weighted by molar-refractivity contribution is 0.249. The van der Waals surface area contributed by atoms with Crippen molar-refractivity contribution in [3.05, 3.63) is 34.6 Å². The molecule has 0 amide bonds. The molecule has 0 aromatic heterocycles. The molecule has 2 rings (SSSR count). The van der Waals surface area contributed by atoms with Gasteiger partial charge in [0.1, 0.15) is 5.82 Å². The zero-order chi connectivity index (χ0) is 17.7. The third kappa shape index (κ3) is 4.67. The van der Waals surface area contributed by atoms with Crippen LogP contribution in [0.25, 0.3) is 0 Å². The molecule has 1 aliphatic rings. The Kier molecular flexibility index (Phi) is 7.00. The van der Waals surface area contributed by atoms with Gasteiger partial charge in [0.15, 0.2) is 0 Å². The van der Waals surface area contributed by atoms with E-state index in [0.29, 0.717) is 19.0 Å². The summed E-state index contributed by atoms with van der Waals surface area (Å²) in [5.41, 5.74) is 0.203. The molecule has 24 heavy (non-hydrogen) atoms. The smallest absolute Gasteiger partial charge is 0.282 e. The maximum Gasteiger partial charge on any atom is 0.282 e. The number of nitrogens with zero attached hydrogens (tertiary/aromatic N) is 2. The van der Waals surface area contributed by atoms with Crippen molar-refractivity contribution in [1.82, 2.24) is 13.9 Å². The van der Waals surface area contributed by atoms with Crippen molar-refractivity contribution >= 4 is 21.8 Å². The normalized spacial score (nSPS) is 17.5. The molecule has 0 aliphatic carbocycles. The lowest BCUT2D eigenvalue weighted by atomic mass is 9.95. The molecule has 1 fully saturated rings. The standard InChI is InChI=1S/C16H25ClFN3O2S/c1-19-9-6-13-7-10-21(11-8-13)24(22,23)20(2)12-14-15(17)4-3-5-16(14)18/h3-5,13,19H,6-12H2,1-2H3. The van der Waals surface area contributed by atoms with E-state index in [1.165, 1.54) is 27.8 Å². The van der Waals surface area contributed by atoms with E-state index in [9.17, 15) is 12.8 Å². The van der Waals surface area contributed by atoms with Gasteiger partial charge in [0.25, 0.3) is 10.2 Å². The molecule has 0 unspecified atom stereocenters. The molecule has 0 saturated carbocycles. The summed E-state index contributed by atoms with van der Waals surface area (Å²) in [4.78, 5) is 0. The van der Waals surface area contributed by atoms with E-state index >= 15 is 0 Å². The second-order valence-corrected chi connectivity index (χ2v) is 8.64. The lowest BCUT2D eigenvalue weighted by Gasteiger charge is -2.33. The molecular formula is C16H25ClFN3O2S. The molecule has 8 heteroatoms. The molecule has 1 N–H and O–H groups in total. The number of hydrogen-bond acceptors (Lipinski definition) is 3. The number of nitrogens with one attached hydrogen (secondary N) is 1. The van der Waals surface area contributed by atoms with Gasteiger partial charge in [-0.15, -0.1) is 0 Å². The van der Waals surface area contributed by atoms with Crippen LogP contribution < -0.4 is 5.32 Å². The fraction of sp³-hybridized carbons (Fsp3) is 0.625. The lowest BCUT2D eigenvalue weighted by Crippen LogP contribution is -2.45. The first-order valence-electron chi connectivity index (χ1n) is 8.15. The maximum absolute atomic E-state index is 13.9. The highest BCUT2D eigenvalue weighted by Gasteiger charge is 2.31. The number of benzene rings is 1. The van der Waals surface area contributed by atoms with Crippen molar-refractivity contribution in [2.45, 2.75) is 25.8 Å². The van der Waals surface area contributed by atoms with Gasteiger partial charge in [0.2, 0.25) is 0 Å². The Morgan fingerprint density at radius 3 is 2.62 bits per heavy atom. The van der Waals surface area contributed by atoms with E-state index < -0.39 is 16.0 Å². The minimum atomic E-state index is -3.61. The summed E-state index contributed by atoms with van der Waals surface area (Å²) in [5, 5.41) is 3.36. The van der Waals surface area contributed by atoms with Crippen molar-refractivity contribution in [2.75, 3.05) is 33.7 Å². The number of halogens is 2. The Labute approximate surface area is 149 Å². The van der Waals surface area contributed by atoms with Gasteiger partial charge < -0.3 is 5.32 Å². The Morgan fingerprint density at radius 1 is 1.38 bits per heavy atom. The molecule has 1 aromatic rings. The maximum atomic E-state index is 13.9. The molecule has 5 nitrogen and oxygen atoms in total. The molecule has 0 bridgehead atoms. The van der Waals surface area contributed by atoms with Gasteiger partial charge in [-0.05, 0) is 50.9 Å². The van der Waals surface area contributed by atoms with E-state index in [2.05, 4.69) is 5.32 Å². The topological polar surface area (TPSA) is 52.7 Å². The minimum absolute atomic E-state index is 0.0759. The largest absolute Gasteiger partial charge is 0.320 e. The summed E-state index contributed by atoms with van der Waals surface area (Å²) >= 11 is 6.00. The van der Waals surface area contributed by atoms with Crippen LogP contribution in [0.1, 0.15) is 24.8 Å². The SMILES string of the molecule is CNCCC1CCN(S(=O)(=O)N(C)Cc2c(F)cccc2Cl)CC1. The van der Waals surface area contributed by atoms with Crippen LogP contribution in [-0.4, -0.2) is 50.8 Å². The Morgan fingerprint density at radius 2 is 2.04 bits per heavy atom. The zero-order valence-electron chi connectivity index (χ0n) is 14.1. The molecule has 1 saturated heterocycles. The van der Waals surface area contributed by atoms with Crippen LogP contribution >= 0.6 is 11.6 Å². The first kappa shape index (κ1) is 19.6. The second-order valence-electron chi connectivity index (χ2n) is 6.20. The highest BCUT2D eigenvalue weighted by molar-refractivity contribution is 7.86. The summed E-state index contributed by atoms with van der Waals surface area (Å²) in [6.45, 7) is 1.88. The fourth-order valence-corrected chi connectivity index (χ4v) is 4.54. The van der Waals surface area contributed by atoms with Gasteiger partial charge in [0, 0.05) is 37.3 Å². The molecule has 0 spiro atoms. The molecule has 136 valence electrons. The van der Waals surface area contributed by atoms with Gasteiger partial charge >= 0.3 is 0 Å². The minimum Gasteiger partial charge on any atom is -0.320 e. The summed E-state index contributed by atoms with van der Waals surface area (Å²) in [6, 6.07) is 4.36. The molecule has 1 heterocycles. The second kappa shape index (κ2) is 8.58. The van der Waals surface area contributed by atoms with Gasteiger partial charge in [-0.25, -0.2) is 4.39 Å². The Bertz CT molecular complexity index is 628. The van der Waals surface area contributed by atoms with E-state index in [4.69, 9.17) is 11.6 Å². The van der Waals surface area contributed by atoms with Crippen LogP contribution in [0.5, 0.6) is 0 Å². The summed E-state index contributed by atoms with van der Waals surface area (Å²) < 4.78 is 42.0. The highest BCUT2D eigenvalue weighted by Crippen LogP contribution is 2.25. The quantitative estimate of drug-likeness (QED) is 0.794. The molecular weight excluding hydrogens is 353 g/mol. The predicted molar refractivity (Wildman–Crippen MR) is 94.6 cm³/mol. The molecule has 0 atom stereocenters. The van der Waals surface area contributed by atoms with Crippen molar-refractivity contribution in [3.8, 4) is 0 Å². The van der Waals surface area contributed by atoms with Crippen molar-refractivity contribution < 1.29 is 12.8 Å². The van der Waals surface area contributed by atoms with Crippen LogP contribution in [0.2, 0.25) is 5.02 Å². The number of rotatable bonds is 7. The fourth-order valence-electron chi connectivity index (χ4n) is 2.96. The Balaban J connectivity index is 2.00. The average molecular weight is 378 g/mol. The average Bonchev–Trinajstić information content (AvgIpc) is 2.56. The van der Waals surface area contributed by atoms with Gasteiger partial charge in [0.05, 0.1) is 0 Å². The van der Waals surface area contributed by atoms with E-state index in [0.717, 1.165) is 25.8 Å². The van der Waals surface area contributed by atoms with Crippen molar-refractivity contribution in [2.24, 2.45) is 5.92 Å². The molecule has 1 aliphatic heterocycles. The van der Waals surface area contributed by atoms with Gasteiger partial charge in [-0.3, -0.25) is 0 Å². The van der Waals surface area contributed by atoms with Crippen LogP contribution in [0.3, 0.4) is 0 Å². The Hall–Kier alpha value is -0.730. The van der Waals surface area contributed by atoms with Gasteiger partial charge in [-0.1, -0.05) is 17.7 Å². The van der Waals surface area contributed by atoms with E-state index in [1.807, 2.05) is 7.05 Å². The number of hydrogen-bond donors (Lipinski definition) is 1. The molecule has 0 radical (unpaired) electrons. The van der Waals surface area contributed by atoms with Gasteiger partial charge in [-0.2, -0.15) is 17.0 Å². The highest BCUT2D eigenvalue weighted by atomic mass is 35.5. The third-order valence-corrected chi connectivity index (χ3v) is 6.83. The van der Waals surface area contributed by atoms with Crippen LogP contribution in [-0.2, 0) is 16.8 Å². The predicted octanol–water partition coefficient (Wildman–Crippen LogP) is 2.48. The number of piperidine rings is 1. The van der Waals surface area contributed by atoms with Crippen LogP contribution in [0, 0.1) is 11.7 Å². The first-order valence-corrected chi connectivity index (χ1v) is 9.92. The van der Waals surface area contributed by atoms with E-state index in [-0.39, 0.29) is 17.1 Å². The van der Waals surface area contributed by atoms with E-state index in [1.54, 1.807) is 6.07 Å². The molecule has 1 aromatic carbocycles. The first-order chi connectivity index (χ1) is 11.4. The third-order valence-electron chi connectivity index (χ3n) is 4.54. The van der Waals surface area contributed by atoms with Crippen LogP contribution in [0.4, 0.5) is 4.39 Å². The van der Waals surface area contributed by atoms with Crippen molar-refractivity contribution in [3.63, 3.8) is 0 Å².